The first kappa shape index (κ1) is 24.6. The van der Waals surface area contributed by atoms with E-state index in [4.69, 9.17) is 0 Å². The summed E-state index contributed by atoms with van der Waals surface area (Å²) in [7, 11) is 1.87. The van der Waals surface area contributed by atoms with Gasteiger partial charge in [0.05, 0.1) is 6.04 Å². The van der Waals surface area contributed by atoms with Gasteiger partial charge in [0.25, 0.3) is 0 Å². The van der Waals surface area contributed by atoms with Crippen molar-refractivity contribution >= 4 is 22.8 Å². The molecule has 1 aromatic heterocycles. The maximum atomic E-state index is 13.7. The number of nitrogens with zero attached hydrogens (tertiary/aromatic N) is 2. The summed E-state index contributed by atoms with van der Waals surface area (Å²) in [6, 6.07) is 8.58. The van der Waals surface area contributed by atoms with Crippen molar-refractivity contribution < 1.29 is 9.59 Å². The largest absolute Gasteiger partial charge is 0.356 e. The van der Waals surface area contributed by atoms with Gasteiger partial charge >= 0.3 is 6.03 Å². The molecule has 1 unspecified atom stereocenters. The Balaban J connectivity index is 1.39. The number of fused-ring (bicyclic) bond motifs is 3. The van der Waals surface area contributed by atoms with E-state index in [1.165, 1.54) is 22.2 Å². The minimum Gasteiger partial charge on any atom is -0.356 e. The van der Waals surface area contributed by atoms with Gasteiger partial charge in [0.15, 0.2) is 0 Å². The number of hydrogen-bond acceptors (Lipinski definition) is 2. The lowest BCUT2D eigenvalue weighted by Crippen LogP contribution is -2.49. The number of para-hydroxylation sites is 1. The molecule has 0 radical (unpaired) electrons. The van der Waals surface area contributed by atoms with Gasteiger partial charge in [0.2, 0.25) is 5.91 Å². The molecule has 1 atom stereocenters. The lowest BCUT2D eigenvalue weighted by Gasteiger charge is -2.41. The summed E-state index contributed by atoms with van der Waals surface area (Å²) in [4.78, 5) is 33.8. The zero-order valence-corrected chi connectivity index (χ0v) is 21.8. The normalized spacial score (nSPS) is 23.1. The van der Waals surface area contributed by atoms with Crippen LogP contribution in [0.15, 0.2) is 24.3 Å². The van der Waals surface area contributed by atoms with E-state index >= 15 is 0 Å². The molecule has 0 bridgehead atoms. The number of aromatic amines is 1. The number of rotatable bonds is 4. The first-order chi connectivity index (χ1) is 16.0. The second-order valence-electron chi connectivity index (χ2n) is 11.8. The van der Waals surface area contributed by atoms with Gasteiger partial charge < -0.3 is 20.1 Å². The van der Waals surface area contributed by atoms with Crippen molar-refractivity contribution in [1.29, 1.82) is 0 Å². The predicted octanol–water partition coefficient (Wildman–Crippen LogP) is 5.50. The topological polar surface area (TPSA) is 68.4 Å². The Kier molecular flexibility index (Phi) is 6.97. The van der Waals surface area contributed by atoms with Crippen LogP contribution in [0.2, 0.25) is 0 Å². The third-order valence-electron chi connectivity index (χ3n) is 7.55. The smallest absolute Gasteiger partial charge is 0.317 e. The summed E-state index contributed by atoms with van der Waals surface area (Å²) < 4.78 is 0. The molecule has 1 aromatic carbocycles. The second-order valence-corrected chi connectivity index (χ2v) is 11.8. The summed E-state index contributed by atoms with van der Waals surface area (Å²) in [6.45, 7) is 12.0. The average Bonchev–Trinajstić information content (AvgIpc) is 3.15. The van der Waals surface area contributed by atoms with Crippen LogP contribution in [0, 0.1) is 17.8 Å². The minimum atomic E-state index is -0.234. The number of amides is 3. The lowest BCUT2D eigenvalue weighted by molar-refractivity contribution is -0.141. The molecule has 3 amide bonds. The fraction of sp³-hybridized carbons (Fsp3) is 0.643. The summed E-state index contributed by atoms with van der Waals surface area (Å²) in [5, 5.41) is 4.34. The Morgan fingerprint density at radius 2 is 1.82 bits per heavy atom. The minimum absolute atomic E-state index is 0.0204. The average molecular weight is 467 g/mol. The van der Waals surface area contributed by atoms with Crippen molar-refractivity contribution in [3.63, 3.8) is 0 Å². The quantitative estimate of drug-likeness (QED) is 0.625. The van der Waals surface area contributed by atoms with E-state index in [0.717, 1.165) is 45.2 Å². The van der Waals surface area contributed by atoms with Crippen molar-refractivity contribution in [2.45, 2.75) is 78.3 Å². The van der Waals surface area contributed by atoms with Gasteiger partial charge in [-0.3, -0.25) is 4.79 Å². The molecule has 186 valence electrons. The molecule has 4 rings (SSSR count). The third-order valence-corrected chi connectivity index (χ3v) is 7.55. The second kappa shape index (κ2) is 9.63. The molecule has 1 aliphatic carbocycles. The van der Waals surface area contributed by atoms with E-state index < -0.39 is 0 Å². The number of benzene rings is 1. The molecule has 2 aromatic rings. The fourth-order valence-corrected chi connectivity index (χ4v) is 5.92. The summed E-state index contributed by atoms with van der Waals surface area (Å²) in [5.74, 6) is 1.22. The number of carbonyl (C=O) groups excluding carboxylic acids is 2. The number of urea groups is 1. The number of hydrogen-bond donors (Lipinski definition) is 2. The van der Waals surface area contributed by atoms with Gasteiger partial charge in [-0.2, -0.15) is 0 Å². The molecule has 6 heteroatoms. The van der Waals surface area contributed by atoms with E-state index in [0.29, 0.717) is 17.7 Å². The van der Waals surface area contributed by atoms with Crippen LogP contribution < -0.4 is 5.32 Å². The first-order valence-electron chi connectivity index (χ1n) is 13.0. The monoisotopic (exact) mass is 466 g/mol. The van der Waals surface area contributed by atoms with Crippen molar-refractivity contribution in [1.82, 2.24) is 20.1 Å². The molecule has 34 heavy (non-hydrogen) atoms. The maximum absolute atomic E-state index is 13.7. The van der Waals surface area contributed by atoms with Crippen LogP contribution in [0.4, 0.5) is 4.79 Å². The van der Waals surface area contributed by atoms with Crippen molar-refractivity contribution in [2.24, 2.45) is 17.8 Å². The van der Waals surface area contributed by atoms with Crippen LogP contribution in [0.3, 0.4) is 0 Å². The van der Waals surface area contributed by atoms with E-state index in [2.05, 4.69) is 53.3 Å². The van der Waals surface area contributed by atoms with Gasteiger partial charge in [-0.25, -0.2) is 4.79 Å². The molecule has 2 heterocycles. The van der Waals surface area contributed by atoms with Gasteiger partial charge in [0.1, 0.15) is 0 Å². The fourth-order valence-electron chi connectivity index (χ4n) is 5.92. The highest BCUT2D eigenvalue weighted by atomic mass is 16.2. The Morgan fingerprint density at radius 1 is 1.15 bits per heavy atom. The van der Waals surface area contributed by atoms with Crippen LogP contribution in [-0.2, 0) is 11.2 Å². The molecule has 1 aliphatic heterocycles. The SMILES string of the molecule is CC(C)C1c2[nH]c3ccccc3c2CCN1C(=O)[C@H]1CC[C@H](CN(C)C(=O)NC(C)(C)C)CC1. The molecular weight excluding hydrogens is 424 g/mol. The number of H-pyrrole nitrogens is 1. The van der Waals surface area contributed by atoms with E-state index in [1.54, 1.807) is 4.90 Å². The predicted molar refractivity (Wildman–Crippen MR) is 138 cm³/mol. The van der Waals surface area contributed by atoms with E-state index in [1.807, 2.05) is 27.8 Å². The van der Waals surface area contributed by atoms with Crippen molar-refractivity contribution in [3.05, 3.63) is 35.5 Å². The zero-order valence-electron chi connectivity index (χ0n) is 21.8. The Labute approximate surface area is 204 Å². The van der Waals surface area contributed by atoms with Crippen LogP contribution >= 0.6 is 0 Å². The molecule has 1 fully saturated rings. The highest BCUT2D eigenvalue weighted by Gasteiger charge is 2.39. The van der Waals surface area contributed by atoms with Gasteiger partial charge in [-0.05, 0) is 76.3 Å². The first-order valence-corrected chi connectivity index (χ1v) is 13.0. The zero-order chi connectivity index (χ0) is 24.6. The molecular formula is C28H42N4O2. The third kappa shape index (κ3) is 5.11. The molecule has 6 nitrogen and oxygen atoms in total. The van der Waals surface area contributed by atoms with Crippen LogP contribution in [-0.4, -0.2) is 52.4 Å². The maximum Gasteiger partial charge on any atom is 0.317 e. The Hall–Kier alpha value is -2.50. The molecule has 0 spiro atoms. The number of aromatic nitrogens is 1. The molecule has 1 saturated carbocycles. The van der Waals surface area contributed by atoms with Crippen molar-refractivity contribution in [3.8, 4) is 0 Å². The highest BCUT2D eigenvalue weighted by Crippen LogP contribution is 2.40. The highest BCUT2D eigenvalue weighted by molar-refractivity contribution is 5.86. The van der Waals surface area contributed by atoms with Crippen LogP contribution in [0.25, 0.3) is 10.9 Å². The van der Waals surface area contributed by atoms with Crippen LogP contribution in [0.5, 0.6) is 0 Å². The van der Waals surface area contributed by atoms with Gasteiger partial charge in [0, 0.05) is 48.2 Å². The molecule has 2 aliphatic rings. The molecule has 2 N–H and O–H groups in total. The van der Waals surface area contributed by atoms with Crippen molar-refractivity contribution in [2.75, 3.05) is 20.1 Å². The summed E-state index contributed by atoms with van der Waals surface area (Å²) in [6.07, 6.45) is 4.75. The Bertz CT molecular complexity index is 1030. The van der Waals surface area contributed by atoms with Crippen LogP contribution in [0.1, 0.15) is 77.6 Å². The van der Waals surface area contributed by atoms with Gasteiger partial charge in [-0.1, -0.05) is 32.0 Å². The number of carbonyl (C=O) groups is 2. The molecule has 0 saturated heterocycles. The van der Waals surface area contributed by atoms with E-state index in [9.17, 15) is 9.59 Å². The Morgan fingerprint density at radius 3 is 2.47 bits per heavy atom. The standard InChI is InChI=1S/C28H42N4O2/c1-18(2)25-24-22(21-9-7-8-10-23(21)29-24)15-16-32(25)26(33)20-13-11-19(12-14-20)17-31(6)27(34)30-28(3,4)5/h7-10,18-20,25,29H,11-17H2,1-6H3,(H,30,34)/t19-,20-,25?. The summed E-state index contributed by atoms with van der Waals surface area (Å²) in [5.41, 5.74) is 3.56. The summed E-state index contributed by atoms with van der Waals surface area (Å²) >= 11 is 0. The number of nitrogens with one attached hydrogen (secondary N) is 2. The lowest BCUT2D eigenvalue weighted by atomic mass is 9.80. The van der Waals surface area contributed by atoms with E-state index in [-0.39, 0.29) is 23.5 Å². The van der Waals surface area contributed by atoms with Gasteiger partial charge in [-0.15, -0.1) is 0 Å².